The van der Waals surface area contributed by atoms with Crippen molar-refractivity contribution in [3.63, 3.8) is 0 Å². The molecule has 0 aromatic heterocycles. The van der Waals surface area contributed by atoms with Gasteiger partial charge in [0.1, 0.15) is 0 Å². The Morgan fingerprint density at radius 2 is 1.50 bits per heavy atom. The summed E-state index contributed by atoms with van der Waals surface area (Å²) in [7, 11) is 0. The van der Waals surface area contributed by atoms with Crippen LogP contribution in [0.25, 0.3) is 0 Å². The predicted octanol–water partition coefficient (Wildman–Crippen LogP) is 8.03. The van der Waals surface area contributed by atoms with Crippen LogP contribution in [0.2, 0.25) is 0 Å². The highest BCUT2D eigenvalue weighted by Gasteiger charge is 2.33. The summed E-state index contributed by atoms with van der Waals surface area (Å²) >= 11 is 0. The van der Waals surface area contributed by atoms with Crippen LogP contribution in [0.3, 0.4) is 0 Å². The molecular weight excluding hydrogens is 354 g/mol. The number of fused-ring (bicyclic) bond motifs is 2. The zero-order valence-corrected chi connectivity index (χ0v) is 15.8. The number of hydrogen-bond acceptors (Lipinski definition) is 0. The lowest BCUT2D eigenvalue weighted by Crippen LogP contribution is -2.06. The van der Waals surface area contributed by atoms with Gasteiger partial charge in [-0.1, -0.05) is 43.2 Å². The summed E-state index contributed by atoms with van der Waals surface area (Å²) in [4.78, 5) is 0. The summed E-state index contributed by atoms with van der Waals surface area (Å²) in [6, 6.07) is 0. The highest BCUT2D eigenvalue weighted by Crippen LogP contribution is 2.44. The maximum atomic E-state index is 11.4. The molecule has 6 heteroatoms. The molecule has 2 aliphatic rings. The van der Waals surface area contributed by atoms with E-state index in [9.17, 15) is 26.3 Å². The first-order valence-corrected chi connectivity index (χ1v) is 8.84. The summed E-state index contributed by atoms with van der Waals surface area (Å²) in [5, 5.41) is 0. The number of allylic oxidation sites excluding steroid dienone is 4. The molecule has 2 aliphatic carbocycles. The van der Waals surface area contributed by atoms with E-state index in [1.165, 1.54) is 26.2 Å². The summed E-state index contributed by atoms with van der Waals surface area (Å²) in [5.74, 6) is 2.99. The minimum atomic E-state index is -4.08. The maximum absolute atomic E-state index is 11.4. The molecule has 3 atom stereocenters. The molecule has 0 amide bonds. The summed E-state index contributed by atoms with van der Waals surface area (Å²) < 4.78 is 67.9. The molecule has 0 spiro atoms. The van der Waals surface area contributed by atoms with Gasteiger partial charge in [-0.3, -0.25) is 0 Å². The van der Waals surface area contributed by atoms with Gasteiger partial charge in [0, 0.05) is 6.42 Å². The Balaban J connectivity index is 0.000000362. The second kappa shape index (κ2) is 10.8. The van der Waals surface area contributed by atoms with Crippen molar-refractivity contribution < 1.29 is 26.3 Å². The minimum Gasteiger partial charge on any atom is -0.171 e. The Kier molecular flexibility index (Phi) is 10.3. The maximum Gasteiger partial charge on any atom is 0.392 e. The third-order valence-electron chi connectivity index (χ3n) is 4.28. The average molecular weight is 384 g/mol. The van der Waals surface area contributed by atoms with Crippen molar-refractivity contribution in [1.82, 2.24) is 0 Å². The van der Waals surface area contributed by atoms with Crippen LogP contribution in [0.15, 0.2) is 36.5 Å². The van der Waals surface area contributed by atoms with Crippen LogP contribution < -0.4 is 0 Å². The van der Waals surface area contributed by atoms with E-state index in [0.717, 1.165) is 17.8 Å². The predicted molar refractivity (Wildman–Crippen MR) is 94.7 cm³/mol. The van der Waals surface area contributed by atoms with E-state index >= 15 is 0 Å². The molecule has 3 unspecified atom stereocenters. The van der Waals surface area contributed by atoms with E-state index in [4.69, 9.17) is 0 Å². The van der Waals surface area contributed by atoms with Gasteiger partial charge < -0.3 is 0 Å². The van der Waals surface area contributed by atoms with Crippen molar-refractivity contribution in [2.24, 2.45) is 17.8 Å². The van der Waals surface area contributed by atoms with Gasteiger partial charge in [-0.05, 0) is 50.9 Å². The monoisotopic (exact) mass is 384 g/mol. The SMILES string of the molecule is C=C(C)CC(F)(F)F.C=C(C)CCC(F)(F)F.CCC1CC2C=CC1C2. The van der Waals surface area contributed by atoms with E-state index in [0.29, 0.717) is 5.57 Å². The van der Waals surface area contributed by atoms with Crippen LogP contribution in [0.4, 0.5) is 26.3 Å². The van der Waals surface area contributed by atoms with Gasteiger partial charge in [0.2, 0.25) is 0 Å². The molecule has 0 aliphatic heterocycles. The minimum absolute atomic E-state index is 0.0451. The molecule has 1 fully saturated rings. The Hall–Kier alpha value is -1.20. The molecule has 26 heavy (non-hydrogen) atoms. The van der Waals surface area contributed by atoms with Gasteiger partial charge in [0.05, 0.1) is 6.42 Å². The topological polar surface area (TPSA) is 0 Å². The molecule has 2 bridgehead atoms. The van der Waals surface area contributed by atoms with Crippen LogP contribution in [-0.4, -0.2) is 12.4 Å². The lowest BCUT2D eigenvalue weighted by Gasteiger charge is -2.14. The molecule has 0 N–H and O–H groups in total. The number of halogens is 6. The first-order valence-electron chi connectivity index (χ1n) is 8.84. The van der Waals surface area contributed by atoms with Crippen LogP contribution in [-0.2, 0) is 0 Å². The quantitative estimate of drug-likeness (QED) is 0.340. The molecule has 0 saturated heterocycles. The van der Waals surface area contributed by atoms with Gasteiger partial charge in [-0.15, -0.1) is 6.58 Å². The van der Waals surface area contributed by atoms with E-state index < -0.39 is 25.2 Å². The van der Waals surface area contributed by atoms with E-state index in [1.54, 1.807) is 6.92 Å². The molecular formula is C20H30F6. The zero-order chi connectivity index (χ0) is 20.5. The van der Waals surface area contributed by atoms with E-state index in [1.807, 2.05) is 0 Å². The Morgan fingerprint density at radius 3 is 1.65 bits per heavy atom. The van der Waals surface area contributed by atoms with Crippen molar-refractivity contribution in [1.29, 1.82) is 0 Å². The standard InChI is InChI=1S/C9H14.C6H9F3.C5H7F3/c1-2-8-5-7-3-4-9(8)6-7;1-5(2)3-4-6(7,8)9;1-4(2)3-5(6,7)8/h3-4,7-9H,2,5-6H2,1H3;1,3-4H2,2H3;1,3H2,2H3. The average Bonchev–Trinajstić information content (AvgIpc) is 3.05. The highest BCUT2D eigenvalue weighted by molar-refractivity contribution is 5.09. The fourth-order valence-corrected chi connectivity index (χ4v) is 3.06. The van der Waals surface area contributed by atoms with Gasteiger partial charge in [0.15, 0.2) is 0 Å². The lowest BCUT2D eigenvalue weighted by molar-refractivity contribution is -0.134. The third kappa shape index (κ3) is 13.1. The highest BCUT2D eigenvalue weighted by atomic mass is 19.4. The second-order valence-electron chi connectivity index (χ2n) is 7.27. The van der Waals surface area contributed by atoms with Crippen molar-refractivity contribution in [2.75, 3.05) is 0 Å². The Bertz CT molecular complexity index is 470. The zero-order valence-electron chi connectivity index (χ0n) is 15.8. The second-order valence-corrected chi connectivity index (χ2v) is 7.27. The van der Waals surface area contributed by atoms with Crippen molar-refractivity contribution in [3.05, 3.63) is 36.5 Å². The largest absolute Gasteiger partial charge is 0.392 e. The summed E-state index contributed by atoms with van der Waals surface area (Å²) in [5.41, 5.74) is 0.727. The molecule has 0 aromatic carbocycles. The van der Waals surface area contributed by atoms with Crippen LogP contribution >= 0.6 is 0 Å². The van der Waals surface area contributed by atoms with E-state index in [-0.39, 0.29) is 12.0 Å². The first-order chi connectivity index (χ1) is 11.7. The smallest absolute Gasteiger partial charge is 0.171 e. The molecule has 0 aromatic rings. The molecule has 0 heterocycles. The van der Waals surface area contributed by atoms with E-state index in [2.05, 4.69) is 32.2 Å². The molecule has 152 valence electrons. The lowest BCUT2D eigenvalue weighted by atomic mass is 9.91. The van der Waals surface area contributed by atoms with Crippen LogP contribution in [0, 0.1) is 17.8 Å². The number of rotatable bonds is 4. The van der Waals surface area contributed by atoms with Crippen molar-refractivity contribution in [2.45, 2.75) is 71.6 Å². The van der Waals surface area contributed by atoms with Gasteiger partial charge in [-0.25, -0.2) is 0 Å². The van der Waals surface area contributed by atoms with Crippen molar-refractivity contribution in [3.8, 4) is 0 Å². The van der Waals surface area contributed by atoms with Gasteiger partial charge in [0.25, 0.3) is 0 Å². The molecule has 0 radical (unpaired) electrons. The summed E-state index contributed by atoms with van der Waals surface area (Å²) in [6.07, 6.45) is -0.482. The number of hydrogen-bond donors (Lipinski definition) is 0. The fourth-order valence-electron chi connectivity index (χ4n) is 3.06. The summed E-state index contributed by atoms with van der Waals surface area (Å²) in [6.45, 7) is 11.7. The van der Waals surface area contributed by atoms with Gasteiger partial charge in [-0.2, -0.15) is 26.3 Å². The molecule has 2 rings (SSSR count). The first kappa shape index (κ1) is 24.8. The van der Waals surface area contributed by atoms with Crippen LogP contribution in [0.5, 0.6) is 0 Å². The fraction of sp³-hybridized carbons (Fsp3) is 0.700. The van der Waals surface area contributed by atoms with Gasteiger partial charge >= 0.3 is 12.4 Å². The Morgan fingerprint density at radius 1 is 0.923 bits per heavy atom. The normalized spacial score (nSPS) is 23.7. The third-order valence-corrected chi connectivity index (χ3v) is 4.28. The molecule has 1 saturated carbocycles. The van der Waals surface area contributed by atoms with Crippen molar-refractivity contribution >= 4 is 0 Å². The number of alkyl halides is 6. The van der Waals surface area contributed by atoms with Crippen LogP contribution in [0.1, 0.15) is 59.3 Å². The molecule has 0 nitrogen and oxygen atoms in total. The Labute approximate surface area is 153 Å².